The lowest BCUT2D eigenvalue weighted by molar-refractivity contribution is 0.271. The molecule has 1 aromatic carbocycles. The highest BCUT2D eigenvalue weighted by Crippen LogP contribution is 2.45. The van der Waals surface area contributed by atoms with Crippen LogP contribution in [-0.2, 0) is 6.42 Å². The molecular formula is C16H22BrN. The van der Waals surface area contributed by atoms with Crippen molar-refractivity contribution in [1.29, 1.82) is 0 Å². The molecule has 18 heavy (non-hydrogen) atoms. The molecule has 1 aliphatic heterocycles. The van der Waals surface area contributed by atoms with E-state index in [0.717, 1.165) is 5.92 Å². The molecule has 2 heteroatoms. The van der Waals surface area contributed by atoms with Crippen LogP contribution in [0.1, 0.15) is 44.1 Å². The summed E-state index contributed by atoms with van der Waals surface area (Å²) >= 11 is 3.52. The highest BCUT2D eigenvalue weighted by molar-refractivity contribution is 9.10. The van der Waals surface area contributed by atoms with Crippen molar-refractivity contribution < 1.29 is 0 Å². The maximum Gasteiger partial charge on any atom is 0.0249 e. The van der Waals surface area contributed by atoms with Gasteiger partial charge >= 0.3 is 0 Å². The van der Waals surface area contributed by atoms with Crippen LogP contribution in [0, 0.1) is 5.92 Å². The predicted molar refractivity (Wildman–Crippen MR) is 79.8 cm³/mol. The Morgan fingerprint density at radius 2 is 1.89 bits per heavy atom. The summed E-state index contributed by atoms with van der Waals surface area (Å²) in [5.74, 6) is 0.930. The second-order valence-corrected chi connectivity index (χ2v) is 6.89. The lowest BCUT2D eigenvalue weighted by Gasteiger charge is -2.34. The van der Waals surface area contributed by atoms with Gasteiger partial charge < -0.3 is 5.32 Å². The van der Waals surface area contributed by atoms with Gasteiger partial charge in [-0.25, -0.2) is 0 Å². The van der Waals surface area contributed by atoms with Gasteiger partial charge in [0.15, 0.2) is 0 Å². The molecule has 0 radical (unpaired) electrons. The molecule has 98 valence electrons. The Morgan fingerprint density at radius 1 is 1.11 bits per heavy atom. The molecule has 1 saturated carbocycles. The topological polar surface area (TPSA) is 12.0 Å². The summed E-state index contributed by atoms with van der Waals surface area (Å²) in [5, 5.41) is 3.91. The summed E-state index contributed by atoms with van der Waals surface area (Å²) in [6.07, 6.45) is 9.61. The molecule has 1 heterocycles. The van der Waals surface area contributed by atoms with Gasteiger partial charge in [-0.15, -0.1) is 0 Å². The van der Waals surface area contributed by atoms with E-state index in [0.29, 0.717) is 5.54 Å². The third kappa shape index (κ3) is 2.80. The zero-order valence-electron chi connectivity index (χ0n) is 10.9. The maximum atomic E-state index is 3.91. The van der Waals surface area contributed by atoms with E-state index in [9.17, 15) is 0 Å². The van der Waals surface area contributed by atoms with Crippen molar-refractivity contribution >= 4 is 15.9 Å². The van der Waals surface area contributed by atoms with E-state index in [4.69, 9.17) is 0 Å². The fourth-order valence-corrected chi connectivity index (χ4v) is 3.68. The van der Waals surface area contributed by atoms with Gasteiger partial charge in [-0.3, -0.25) is 0 Å². The quantitative estimate of drug-likeness (QED) is 0.877. The van der Waals surface area contributed by atoms with Crippen molar-refractivity contribution in [3.8, 4) is 0 Å². The molecule has 2 aliphatic rings. The van der Waals surface area contributed by atoms with E-state index in [-0.39, 0.29) is 0 Å². The van der Waals surface area contributed by atoms with Gasteiger partial charge in [-0.2, -0.15) is 0 Å². The fraction of sp³-hybridized carbons (Fsp3) is 0.625. The third-order valence-corrected chi connectivity index (χ3v) is 5.10. The molecule has 1 nitrogen and oxygen atoms in total. The van der Waals surface area contributed by atoms with Crippen LogP contribution in [0.3, 0.4) is 0 Å². The first-order chi connectivity index (χ1) is 8.78. The minimum Gasteiger partial charge on any atom is -0.311 e. The monoisotopic (exact) mass is 307 g/mol. The Morgan fingerprint density at radius 3 is 2.61 bits per heavy atom. The van der Waals surface area contributed by atoms with Crippen molar-refractivity contribution in [3.05, 3.63) is 34.3 Å². The predicted octanol–water partition coefficient (Wildman–Crippen LogP) is 4.30. The Kier molecular flexibility index (Phi) is 3.76. The summed E-state index contributed by atoms with van der Waals surface area (Å²) in [6.45, 7) is 1.22. The molecular weight excluding hydrogens is 286 g/mol. The van der Waals surface area contributed by atoms with Crippen molar-refractivity contribution in [1.82, 2.24) is 5.32 Å². The smallest absolute Gasteiger partial charge is 0.0249 e. The molecule has 1 unspecified atom stereocenters. The standard InChI is InChI=1S/C16H22BrN/c17-15-8-4-13(5-9-15)12-16(14-6-7-14)10-2-1-3-11-18-16/h4-5,8-9,14,18H,1-3,6-7,10-12H2. The Bertz CT molecular complexity index is 386. The number of hydrogen-bond acceptors (Lipinski definition) is 1. The number of benzene rings is 1. The highest BCUT2D eigenvalue weighted by atomic mass is 79.9. The minimum absolute atomic E-state index is 0.407. The van der Waals surface area contributed by atoms with Crippen LogP contribution >= 0.6 is 15.9 Å². The first kappa shape index (κ1) is 12.7. The average Bonchev–Trinajstić information content (AvgIpc) is 3.18. The van der Waals surface area contributed by atoms with E-state index >= 15 is 0 Å². The van der Waals surface area contributed by atoms with Gasteiger partial charge in [0.1, 0.15) is 0 Å². The molecule has 0 spiro atoms. The van der Waals surface area contributed by atoms with Crippen molar-refractivity contribution in [3.63, 3.8) is 0 Å². The van der Waals surface area contributed by atoms with Crippen LogP contribution in [0.5, 0.6) is 0 Å². The first-order valence-electron chi connectivity index (χ1n) is 7.28. The minimum atomic E-state index is 0.407. The van der Waals surface area contributed by atoms with Crippen LogP contribution in [0.15, 0.2) is 28.7 Å². The van der Waals surface area contributed by atoms with Crippen LogP contribution in [-0.4, -0.2) is 12.1 Å². The lowest BCUT2D eigenvalue weighted by Crippen LogP contribution is -2.48. The Balaban J connectivity index is 1.78. The SMILES string of the molecule is Brc1ccc(CC2(C3CC3)CCCCCN2)cc1. The van der Waals surface area contributed by atoms with Gasteiger partial charge in [0.2, 0.25) is 0 Å². The normalized spacial score (nSPS) is 28.9. The maximum absolute atomic E-state index is 3.91. The van der Waals surface area contributed by atoms with Gasteiger partial charge in [0, 0.05) is 10.0 Å². The molecule has 0 bridgehead atoms. The van der Waals surface area contributed by atoms with Crippen molar-refractivity contribution in [2.24, 2.45) is 5.92 Å². The molecule has 2 fully saturated rings. The Hall–Kier alpha value is -0.340. The second-order valence-electron chi connectivity index (χ2n) is 5.97. The first-order valence-corrected chi connectivity index (χ1v) is 8.07. The second kappa shape index (κ2) is 5.34. The molecule has 1 atom stereocenters. The fourth-order valence-electron chi connectivity index (χ4n) is 3.41. The summed E-state index contributed by atoms with van der Waals surface area (Å²) in [5.41, 5.74) is 1.89. The number of rotatable bonds is 3. The van der Waals surface area contributed by atoms with E-state index in [1.54, 1.807) is 0 Å². The number of nitrogens with one attached hydrogen (secondary N) is 1. The lowest BCUT2D eigenvalue weighted by atomic mass is 9.82. The van der Waals surface area contributed by atoms with Crippen LogP contribution in [0.25, 0.3) is 0 Å². The summed E-state index contributed by atoms with van der Waals surface area (Å²) in [6, 6.07) is 8.90. The van der Waals surface area contributed by atoms with Crippen LogP contribution in [0.2, 0.25) is 0 Å². The van der Waals surface area contributed by atoms with Gasteiger partial charge in [0.05, 0.1) is 0 Å². The van der Waals surface area contributed by atoms with Gasteiger partial charge in [-0.1, -0.05) is 40.9 Å². The third-order valence-electron chi connectivity index (χ3n) is 4.57. The summed E-state index contributed by atoms with van der Waals surface area (Å²) < 4.78 is 1.18. The van der Waals surface area contributed by atoms with E-state index in [1.165, 1.54) is 61.5 Å². The molecule has 1 saturated heterocycles. The van der Waals surface area contributed by atoms with Crippen molar-refractivity contribution in [2.75, 3.05) is 6.54 Å². The molecule has 0 amide bonds. The van der Waals surface area contributed by atoms with Crippen LogP contribution < -0.4 is 5.32 Å². The molecule has 0 aromatic heterocycles. The zero-order valence-corrected chi connectivity index (χ0v) is 12.5. The highest BCUT2D eigenvalue weighted by Gasteiger charge is 2.44. The average molecular weight is 308 g/mol. The van der Waals surface area contributed by atoms with Crippen molar-refractivity contribution in [2.45, 2.75) is 50.5 Å². The zero-order chi connectivity index (χ0) is 12.4. The van der Waals surface area contributed by atoms with E-state index < -0.39 is 0 Å². The molecule has 1 aromatic rings. The molecule has 1 N–H and O–H groups in total. The number of hydrogen-bond donors (Lipinski definition) is 1. The summed E-state index contributed by atoms with van der Waals surface area (Å²) in [7, 11) is 0. The van der Waals surface area contributed by atoms with E-state index in [1.807, 2.05) is 0 Å². The van der Waals surface area contributed by atoms with E-state index in [2.05, 4.69) is 45.5 Å². The Labute approximate surface area is 118 Å². The van der Waals surface area contributed by atoms with Gasteiger partial charge in [-0.05, 0) is 62.3 Å². The molecule has 1 aliphatic carbocycles. The largest absolute Gasteiger partial charge is 0.311 e. The summed E-state index contributed by atoms with van der Waals surface area (Å²) in [4.78, 5) is 0. The van der Waals surface area contributed by atoms with Crippen LogP contribution in [0.4, 0.5) is 0 Å². The van der Waals surface area contributed by atoms with Gasteiger partial charge in [0.25, 0.3) is 0 Å². The molecule has 3 rings (SSSR count). The number of halogens is 1.